The number of nitrogens with one attached hydrogen (secondary N) is 2. The van der Waals surface area contributed by atoms with Gasteiger partial charge in [-0.3, -0.25) is 0 Å². The van der Waals surface area contributed by atoms with Crippen LogP contribution in [0.2, 0.25) is 0 Å². The first-order valence-corrected chi connectivity index (χ1v) is 8.99. The van der Waals surface area contributed by atoms with Gasteiger partial charge in [0.2, 0.25) is 10.0 Å². The lowest BCUT2D eigenvalue weighted by Gasteiger charge is -2.07. The Hall–Kier alpha value is -3.51. The summed E-state index contributed by atoms with van der Waals surface area (Å²) in [4.78, 5) is 27.2. The molecule has 11 nitrogen and oxygen atoms in total. The standard InChI is InChI=1S/C15H14N6O5S/c1-8-11(14(22)23)6-17-13-12(7-18-21(8)13)20-15(24)19-9-2-4-10(5-3-9)27(16,25)26/h2-7H,1H3,(H,22,23)(H2,16,25,26)(H2,19,20,24). The van der Waals surface area contributed by atoms with Gasteiger partial charge in [0.25, 0.3) is 0 Å². The van der Waals surface area contributed by atoms with E-state index >= 15 is 0 Å². The Morgan fingerprint density at radius 2 is 1.81 bits per heavy atom. The molecule has 0 saturated heterocycles. The van der Waals surface area contributed by atoms with Crippen LogP contribution in [0.25, 0.3) is 5.65 Å². The predicted molar refractivity (Wildman–Crippen MR) is 95.1 cm³/mol. The van der Waals surface area contributed by atoms with E-state index in [1.165, 1.54) is 41.2 Å². The number of carboxylic acid groups (broad SMARTS) is 1. The summed E-state index contributed by atoms with van der Waals surface area (Å²) in [5, 5.41) is 23.2. The number of primary sulfonamides is 1. The van der Waals surface area contributed by atoms with E-state index < -0.39 is 22.0 Å². The van der Waals surface area contributed by atoms with E-state index in [1.807, 2.05) is 0 Å². The molecule has 0 atom stereocenters. The van der Waals surface area contributed by atoms with Gasteiger partial charge in [0.05, 0.1) is 22.3 Å². The lowest BCUT2D eigenvalue weighted by molar-refractivity contribution is 0.0694. The highest BCUT2D eigenvalue weighted by molar-refractivity contribution is 7.89. The van der Waals surface area contributed by atoms with Gasteiger partial charge in [0.15, 0.2) is 5.65 Å². The summed E-state index contributed by atoms with van der Waals surface area (Å²) >= 11 is 0. The molecule has 2 amide bonds. The molecular formula is C15H14N6O5S. The normalized spacial score (nSPS) is 11.3. The van der Waals surface area contributed by atoms with Crippen LogP contribution in [0.4, 0.5) is 16.2 Å². The lowest BCUT2D eigenvalue weighted by atomic mass is 10.2. The number of sulfonamides is 1. The second-order valence-electron chi connectivity index (χ2n) is 5.50. The van der Waals surface area contributed by atoms with Crippen LogP contribution in [0.1, 0.15) is 16.1 Å². The fourth-order valence-corrected chi connectivity index (χ4v) is 2.87. The van der Waals surface area contributed by atoms with Gasteiger partial charge in [-0.25, -0.2) is 32.6 Å². The maximum atomic E-state index is 12.1. The molecule has 140 valence electrons. The monoisotopic (exact) mass is 390 g/mol. The van der Waals surface area contributed by atoms with Gasteiger partial charge in [0, 0.05) is 11.9 Å². The fraction of sp³-hybridized carbons (Fsp3) is 0.0667. The van der Waals surface area contributed by atoms with Crippen molar-refractivity contribution < 1.29 is 23.1 Å². The van der Waals surface area contributed by atoms with Crippen molar-refractivity contribution in [3.8, 4) is 0 Å². The predicted octanol–water partition coefficient (Wildman–Crippen LogP) is 1.03. The lowest BCUT2D eigenvalue weighted by Crippen LogP contribution is -2.19. The molecule has 1 aromatic carbocycles. The van der Waals surface area contributed by atoms with Gasteiger partial charge < -0.3 is 15.7 Å². The average molecular weight is 390 g/mol. The van der Waals surface area contributed by atoms with Crippen LogP contribution in [-0.4, -0.2) is 40.1 Å². The van der Waals surface area contributed by atoms with E-state index in [0.717, 1.165) is 0 Å². The van der Waals surface area contributed by atoms with E-state index in [2.05, 4.69) is 20.7 Å². The van der Waals surface area contributed by atoms with Gasteiger partial charge in [-0.05, 0) is 31.2 Å². The van der Waals surface area contributed by atoms with Crippen molar-refractivity contribution in [1.29, 1.82) is 0 Å². The minimum atomic E-state index is -3.82. The number of rotatable bonds is 4. The molecule has 3 aromatic rings. The van der Waals surface area contributed by atoms with Crippen molar-refractivity contribution in [1.82, 2.24) is 14.6 Å². The quantitative estimate of drug-likeness (QED) is 0.515. The van der Waals surface area contributed by atoms with Gasteiger partial charge >= 0.3 is 12.0 Å². The van der Waals surface area contributed by atoms with Crippen LogP contribution in [0, 0.1) is 6.92 Å². The molecule has 27 heavy (non-hydrogen) atoms. The summed E-state index contributed by atoms with van der Waals surface area (Å²) in [6, 6.07) is 4.68. The Kier molecular flexibility index (Phi) is 4.51. The van der Waals surface area contributed by atoms with E-state index in [-0.39, 0.29) is 21.8 Å². The van der Waals surface area contributed by atoms with Gasteiger partial charge in [-0.1, -0.05) is 0 Å². The number of carbonyl (C=O) groups is 2. The van der Waals surface area contributed by atoms with E-state index in [0.29, 0.717) is 11.4 Å². The van der Waals surface area contributed by atoms with Crippen LogP contribution in [-0.2, 0) is 10.0 Å². The minimum absolute atomic E-state index is 0.00320. The Balaban J connectivity index is 1.78. The fourth-order valence-electron chi connectivity index (χ4n) is 2.36. The molecule has 0 aliphatic rings. The zero-order valence-corrected chi connectivity index (χ0v) is 14.7. The van der Waals surface area contributed by atoms with Gasteiger partial charge in [0.1, 0.15) is 5.69 Å². The third kappa shape index (κ3) is 3.70. The SMILES string of the molecule is Cc1c(C(=O)O)cnc2c(NC(=O)Nc3ccc(S(N)(=O)=O)cc3)cnn12. The maximum Gasteiger partial charge on any atom is 0.339 e. The number of hydrogen-bond acceptors (Lipinski definition) is 6. The number of aromatic carboxylic acids is 1. The number of hydrogen-bond donors (Lipinski definition) is 4. The van der Waals surface area contributed by atoms with Crippen molar-refractivity contribution in [3.63, 3.8) is 0 Å². The molecule has 0 unspecified atom stereocenters. The number of nitrogens with zero attached hydrogens (tertiary/aromatic N) is 3. The van der Waals surface area contributed by atoms with Crippen LogP contribution < -0.4 is 15.8 Å². The van der Waals surface area contributed by atoms with Crippen LogP contribution in [0.3, 0.4) is 0 Å². The van der Waals surface area contributed by atoms with Crippen molar-refractivity contribution in [3.05, 3.63) is 47.9 Å². The first kappa shape index (κ1) is 18.3. The van der Waals surface area contributed by atoms with Crippen LogP contribution in [0.15, 0.2) is 41.6 Å². The summed E-state index contributed by atoms with van der Waals surface area (Å²) in [5.74, 6) is -1.13. The number of carboxylic acids is 1. The number of anilines is 2. The zero-order chi connectivity index (χ0) is 19.8. The second kappa shape index (κ2) is 6.66. The Labute approximate surface area is 152 Å². The van der Waals surface area contributed by atoms with Crippen LogP contribution >= 0.6 is 0 Å². The molecular weight excluding hydrogens is 376 g/mol. The number of benzene rings is 1. The summed E-state index contributed by atoms with van der Waals surface area (Å²) in [6.45, 7) is 1.57. The number of amides is 2. The summed E-state index contributed by atoms with van der Waals surface area (Å²) in [7, 11) is -3.82. The van der Waals surface area contributed by atoms with Crippen molar-refractivity contribution in [2.45, 2.75) is 11.8 Å². The number of aromatic nitrogens is 3. The molecule has 0 aliphatic carbocycles. The molecule has 5 N–H and O–H groups in total. The second-order valence-corrected chi connectivity index (χ2v) is 7.07. The third-order valence-corrected chi connectivity index (χ3v) is 4.62. The van der Waals surface area contributed by atoms with E-state index in [9.17, 15) is 18.0 Å². The van der Waals surface area contributed by atoms with Crippen LogP contribution in [0.5, 0.6) is 0 Å². The van der Waals surface area contributed by atoms with Gasteiger partial charge in [-0.2, -0.15) is 5.10 Å². The molecule has 0 fully saturated rings. The number of aryl methyl sites for hydroxylation is 1. The molecule has 0 bridgehead atoms. The molecule has 2 aromatic heterocycles. The molecule has 3 rings (SSSR count). The highest BCUT2D eigenvalue weighted by atomic mass is 32.2. The molecule has 2 heterocycles. The maximum absolute atomic E-state index is 12.1. The Morgan fingerprint density at radius 3 is 2.41 bits per heavy atom. The van der Waals surface area contributed by atoms with Crippen molar-refractivity contribution in [2.75, 3.05) is 10.6 Å². The summed E-state index contributed by atoms with van der Waals surface area (Å²) in [6.07, 6.45) is 2.52. The Morgan fingerprint density at radius 1 is 1.15 bits per heavy atom. The molecule has 0 aliphatic heterocycles. The first-order chi connectivity index (χ1) is 12.7. The van der Waals surface area contributed by atoms with Gasteiger partial charge in [-0.15, -0.1) is 0 Å². The number of urea groups is 1. The first-order valence-electron chi connectivity index (χ1n) is 7.44. The molecule has 0 spiro atoms. The van der Waals surface area contributed by atoms with Crippen molar-refractivity contribution >= 4 is 39.0 Å². The van der Waals surface area contributed by atoms with E-state index in [1.54, 1.807) is 6.92 Å². The smallest absolute Gasteiger partial charge is 0.339 e. The summed E-state index contributed by atoms with van der Waals surface area (Å²) < 4.78 is 23.7. The molecule has 0 radical (unpaired) electrons. The number of fused-ring (bicyclic) bond motifs is 1. The van der Waals surface area contributed by atoms with E-state index in [4.69, 9.17) is 10.2 Å². The number of nitrogens with two attached hydrogens (primary N) is 1. The largest absolute Gasteiger partial charge is 0.478 e. The van der Waals surface area contributed by atoms with Crippen molar-refractivity contribution in [2.24, 2.45) is 5.14 Å². The summed E-state index contributed by atoms with van der Waals surface area (Å²) in [5.41, 5.74) is 1.25. The topological polar surface area (TPSA) is 169 Å². The minimum Gasteiger partial charge on any atom is -0.478 e. The molecule has 0 saturated carbocycles. The average Bonchev–Trinajstić information content (AvgIpc) is 2.98. The highest BCUT2D eigenvalue weighted by Crippen LogP contribution is 2.18. The zero-order valence-electron chi connectivity index (χ0n) is 13.9. The number of carbonyl (C=O) groups excluding carboxylic acids is 1. The third-order valence-electron chi connectivity index (χ3n) is 3.69. The Bertz CT molecular complexity index is 1150. The molecule has 12 heteroatoms. The highest BCUT2D eigenvalue weighted by Gasteiger charge is 2.16.